The molecule has 0 atom stereocenters. The highest BCUT2D eigenvalue weighted by Crippen LogP contribution is 2.60. The number of anilines is 1. The smallest absolute Gasteiger partial charge is 0.267 e. The zero-order valence-corrected chi connectivity index (χ0v) is 19.9. The minimum Gasteiger partial charge on any atom is -0.506 e. The predicted octanol–water partition coefficient (Wildman–Crippen LogP) is 4.26. The molecule has 0 unspecified atom stereocenters. The van der Waals surface area contributed by atoms with E-state index in [2.05, 4.69) is 14.7 Å². The van der Waals surface area contributed by atoms with Crippen LogP contribution in [-0.4, -0.2) is 36.2 Å². The van der Waals surface area contributed by atoms with Crippen molar-refractivity contribution in [1.29, 1.82) is 5.26 Å². The van der Waals surface area contributed by atoms with Crippen molar-refractivity contribution in [3.63, 3.8) is 0 Å². The second kappa shape index (κ2) is 9.01. The number of fused-ring (bicyclic) bond motifs is 2. The van der Waals surface area contributed by atoms with Crippen molar-refractivity contribution in [2.45, 2.75) is 18.4 Å². The fourth-order valence-electron chi connectivity index (χ4n) is 4.13. The summed E-state index contributed by atoms with van der Waals surface area (Å²) in [6.07, 6.45) is 1.53. The van der Waals surface area contributed by atoms with E-state index in [-0.39, 0.29) is 52.3 Å². The van der Waals surface area contributed by atoms with E-state index in [4.69, 9.17) is 10.00 Å². The van der Waals surface area contributed by atoms with Crippen molar-refractivity contribution in [3.05, 3.63) is 87.8 Å². The van der Waals surface area contributed by atoms with Crippen LogP contribution in [0.15, 0.2) is 74.9 Å². The first-order chi connectivity index (χ1) is 17.3. The Labute approximate surface area is 207 Å². The van der Waals surface area contributed by atoms with Crippen molar-refractivity contribution < 1.29 is 18.9 Å². The quantitative estimate of drug-likeness (QED) is 0.315. The van der Waals surface area contributed by atoms with Crippen LogP contribution >= 0.6 is 10.8 Å². The first-order valence-corrected chi connectivity index (χ1v) is 12.4. The molecule has 182 valence electrons. The van der Waals surface area contributed by atoms with Gasteiger partial charge in [0.2, 0.25) is 0 Å². The van der Waals surface area contributed by atoms with Gasteiger partial charge in [0.05, 0.1) is 17.6 Å². The van der Waals surface area contributed by atoms with Gasteiger partial charge in [0, 0.05) is 6.20 Å². The van der Waals surface area contributed by atoms with Gasteiger partial charge in [-0.25, -0.2) is 4.98 Å². The number of benzene rings is 2. The molecule has 5 rings (SSSR count). The van der Waals surface area contributed by atoms with Gasteiger partial charge < -0.3 is 15.2 Å². The molecular formula is C25H21N5O5S. The van der Waals surface area contributed by atoms with Crippen molar-refractivity contribution in [3.8, 4) is 17.6 Å². The lowest BCUT2D eigenvalue weighted by Crippen LogP contribution is -2.33. The SMILES string of the molecule is Cc1ccc(OCC#N)c2c1NC(c1c(O)c3cccnc3n(Cc3ccccc3)c1=O)=NS2(O)O. The molecule has 36 heavy (non-hydrogen) atoms. The van der Waals surface area contributed by atoms with Crippen molar-refractivity contribution in [1.82, 2.24) is 9.55 Å². The molecular weight excluding hydrogens is 482 g/mol. The lowest BCUT2D eigenvalue weighted by atomic mass is 10.1. The second-order valence-corrected chi connectivity index (χ2v) is 9.72. The maximum atomic E-state index is 13.8. The Bertz CT molecular complexity index is 1630. The summed E-state index contributed by atoms with van der Waals surface area (Å²) in [5.74, 6) is -0.495. The van der Waals surface area contributed by atoms with E-state index in [1.807, 2.05) is 36.4 Å². The Morgan fingerprint density at radius 3 is 2.67 bits per heavy atom. The van der Waals surface area contributed by atoms with Gasteiger partial charge >= 0.3 is 0 Å². The summed E-state index contributed by atoms with van der Waals surface area (Å²) in [5, 5.41) is 23.3. The fraction of sp³-hybridized carbons (Fsp3) is 0.120. The molecule has 0 amide bonds. The zero-order chi connectivity index (χ0) is 25.4. The third kappa shape index (κ3) is 3.93. The van der Waals surface area contributed by atoms with Crippen LogP contribution in [0.4, 0.5) is 5.69 Å². The summed E-state index contributed by atoms with van der Waals surface area (Å²) in [7, 11) is -3.87. The lowest BCUT2D eigenvalue weighted by molar-refractivity contribution is 0.355. The standard InChI is InChI=1S/C25H21N5O5S/c1-15-9-10-18(35-13-11-26)22-20(15)28-23(29-36(22,33)34)19-21(31)17-8-5-12-27-24(17)30(25(19)32)14-16-6-3-2-4-7-16/h2-10,12,31,33-34H,13-14H2,1H3,(H,28,29). The molecule has 4 N–H and O–H groups in total. The van der Waals surface area contributed by atoms with Gasteiger partial charge in [-0.3, -0.25) is 18.5 Å². The third-order valence-electron chi connectivity index (χ3n) is 5.77. The van der Waals surface area contributed by atoms with Gasteiger partial charge in [-0.1, -0.05) is 47.2 Å². The van der Waals surface area contributed by atoms with Crippen molar-refractivity contribution >= 4 is 33.3 Å². The number of nitrogens with zero attached hydrogens (tertiary/aromatic N) is 4. The van der Waals surface area contributed by atoms with E-state index in [0.717, 1.165) is 5.56 Å². The minimum absolute atomic E-state index is 0.0203. The van der Waals surface area contributed by atoms with Crippen LogP contribution in [0, 0.1) is 18.3 Å². The number of aryl methyl sites for hydroxylation is 1. The topological polar surface area (TPSA) is 153 Å². The first-order valence-electron chi connectivity index (χ1n) is 10.8. The Hall–Kier alpha value is -4.37. The zero-order valence-electron chi connectivity index (χ0n) is 19.0. The molecule has 0 radical (unpaired) electrons. The summed E-state index contributed by atoms with van der Waals surface area (Å²) in [5.41, 5.74) is 1.18. The molecule has 0 bridgehead atoms. The van der Waals surface area contributed by atoms with Crippen molar-refractivity contribution in [2.24, 2.45) is 4.40 Å². The van der Waals surface area contributed by atoms with Gasteiger partial charge in [-0.2, -0.15) is 5.26 Å². The molecule has 0 aliphatic carbocycles. The molecule has 10 nitrogen and oxygen atoms in total. The van der Waals surface area contributed by atoms with E-state index < -0.39 is 16.3 Å². The number of amidine groups is 1. The van der Waals surface area contributed by atoms with E-state index in [1.165, 1.54) is 16.8 Å². The van der Waals surface area contributed by atoms with E-state index in [0.29, 0.717) is 10.9 Å². The Morgan fingerprint density at radius 1 is 1.14 bits per heavy atom. The van der Waals surface area contributed by atoms with Gasteiger partial charge in [0.1, 0.15) is 33.7 Å². The number of nitriles is 1. The number of rotatable bonds is 5. The maximum Gasteiger partial charge on any atom is 0.267 e. The second-order valence-electron chi connectivity index (χ2n) is 8.09. The molecule has 0 saturated carbocycles. The lowest BCUT2D eigenvalue weighted by Gasteiger charge is -2.36. The molecule has 1 aliphatic rings. The molecule has 11 heteroatoms. The summed E-state index contributed by atoms with van der Waals surface area (Å²) in [6, 6.07) is 17.6. The summed E-state index contributed by atoms with van der Waals surface area (Å²) in [4.78, 5) is 18.0. The normalized spacial score (nSPS) is 14.8. The number of hydrogen-bond donors (Lipinski definition) is 4. The molecule has 0 spiro atoms. The number of aromatic hydroxyl groups is 1. The van der Waals surface area contributed by atoms with E-state index in [1.54, 1.807) is 25.1 Å². The largest absolute Gasteiger partial charge is 0.506 e. The molecule has 1 aliphatic heterocycles. The van der Waals surface area contributed by atoms with Crippen LogP contribution < -0.4 is 15.6 Å². The van der Waals surface area contributed by atoms with Gasteiger partial charge in [-0.15, -0.1) is 4.40 Å². The Morgan fingerprint density at radius 2 is 1.92 bits per heavy atom. The summed E-state index contributed by atoms with van der Waals surface area (Å²) >= 11 is 0. The number of aromatic nitrogens is 2. The number of hydrogen-bond acceptors (Lipinski definition) is 9. The third-order valence-corrected chi connectivity index (χ3v) is 7.16. The highest BCUT2D eigenvalue weighted by Gasteiger charge is 2.34. The maximum absolute atomic E-state index is 13.8. The fourth-order valence-corrected chi connectivity index (χ4v) is 5.49. The van der Waals surface area contributed by atoms with Gasteiger partial charge in [0.15, 0.2) is 12.4 Å². The van der Waals surface area contributed by atoms with E-state index >= 15 is 0 Å². The van der Waals surface area contributed by atoms with E-state index in [9.17, 15) is 19.0 Å². The highest BCUT2D eigenvalue weighted by molar-refractivity contribution is 8.23. The van der Waals surface area contributed by atoms with Gasteiger partial charge in [-0.05, 0) is 36.2 Å². The predicted molar refractivity (Wildman–Crippen MR) is 137 cm³/mol. The van der Waals surface area contributed by atoms with Crippen LogP contribution in [0.5, 0.6) is 11.5 Å². The van der Waals surface area contributed by atoms with Crippen LogP contribution in [0.3, 0.4) is 0 Å². The monoisotopic (exact) mass is 503 g/mol. The average Bonchev–Trinajstić information content (AvgIpc) is 2.87. The summed E-state index contributed by atoms with van der Waals surface area (Å²) in [6.45, 7) is 1.60. The molecule has 3 heterocycles. The number of nitrogens with one attached hydrogen (secondary N) is 1. The first kappa shape index (κ1) is 23.4. The van der Waals surface area contributed by atoms with Crippen LogP contribution in [0.2, 0.25) is 0 Å². The van der Waals surface area contributed by atoms with Gasteiger partial charge in [0.25, 0.3) is 5.56 Å². The molecule has 0 saturated heterocycles. The summed E-state index contributed by atoms with van der Waals surface area (Å²) < 4.78 is 32.9. The Balaban J connectivity index is 1.72. The van der Waals surface area contributed by atoms with Crippen LogP contribution in [0.1, 0.15) is 16.7 Å². The molecule has 2 aromatic carbocycles. The molecule has 2 aromatic heterocycles. The van der Waals surface area contributed by atoms with Crippen LogP contribution in [0.25, 0.3) is 11.0 Å². The molecule has 0 fully saturated rings. The number of ether oxygens (including phenoxy) is 1. The minimum atomic E-state index is -3.87. The Kier molecular flexibility index (Phi) is 5.85. The average molecular weight is 504 g/mol. The van der Waals surface area contributed by atoms with Crippen LogP contribution in [-0.2, 0) is 6.54 Å². The molecule has 4 aromatic rings. The highest BCUT2D eigenvalue weighted by atomic mass is 32.3. The number of pyridine rings is 2. The van der Waals surface area contributed by atoms with Crippen molar-refractivity contribution in [2.75, 3.05) is 11.9 Å².